The molecule has 0 aromatic heterocycles. The molecule has 1 aliphatic heterocycles. The number of nitrogens with two attached hydrogens (primary N) is 1. The van der Waals surface area contributed by atoms with E-state index in [-0.39, 0.29) is 6.04 Å². The Morgan fingerprint density at radius 2 is 2.06 bits per heavy atom. The summed E-state index contributed by atoms with van der Waals surface area (Å²) in [6, 6.07) is 6.67. The summed E-state index contributed by atoms with van der Waals surface area (Å²) < 4.78 is 26.6. The van der Waals surface area contributed by atoms with Gasteiger partial charge in [-0.05, 0) is 43.5 Å². The van der Waals surface area contributed by atoms with Gasteiger partial charge in [-0.15, -0.1) is 0 Å². The number of nitrogens with one attached hydrogen (secondary N) is 1. The van der Waals surface area contributed by atoms with Crippen molar-refractivity contribution in [2.24, 2.45) is 5.84 Å². The number of hydrazine groups is 1. The van der Waals surface area contributed by atoms with Crippen LogP contribution in [0.2, 0.25) is 0 Å². The van der Waals surface area contributed by atoms with Crippen molar-refractivity contribution in [3.8, 4) is 0 Å². The van der Waals surface area contributed by atoms with Crippen LogP contribution in [0.1, 0.15) is 26.2 Å². The molecule has 1 unspecified atom stereocenters. The van der Waals surface area contributed by atoms with Gasteiger partial charge in [0.15, 0.2) is 0 Å². The van der Waals surface area contributed by atoms with E-state index in [1.165, 1.54) is 0 Å². The molecule has 3 N–H and O–H groups in total. The Bertz CT molecular complexity index is 499. The number of nitrogens with zero attached hydrogens (tertiary/aromatic N) is 1. The van der Waals surface area contributed by atoms with Crippen molar-refractivity contribution in [2.75, 3.05) is 12.0 Å². The minimum atomic E-state index is -3.36. The topological polar surface area (TPSA) is 75.4 Å². The standard InChI is InChI=1S/C12H19N3O2S/c1-2-11-4-3-9-15(11)18(16,17)12-7-5-10(14-13)6-8-12/h5-8,11,14H,2-4,9,13H2,1H3. The molecule has 2 rings (SSSR count). The van der Waals surface area contributed by atoms with Gasteiger partial charge in [-0.3, -0.25) is 5.84 Å². The van der Waals surface area contributed by atoms with E-state index in [2.05, 4.69) is 5.43 Å². The molecule has 1 aliphatic rings. The van der Waals surface area contributed by atoms with Gasteiger partial charge in [0.1, 0.15) is 0 Å². The van der Waals surface area contributed by atoms with Crippen LogP contribution in [-0.4, -0.2) is 25.3 Å². The van der Waals surface area contributed by atoms with Crippen LogP contribution < -0.4 is 11.3 Å². The third kappa shape index (κ3) is 2.36. The average Bonchev–Trinajstić information content (AvgIpc) is 2.88. The molecule has 1 heterocycles. The molecule has 1 aromatic carbocycles. The van der Waals surface area contributed by atoms with Gasteiger partial charge in [0, 0.05) is 18.3 Å². The van der Waals surface area contributed by atoms with Gasteiger partial charge in [-0.25, -0.2) is 8.42 Å². The zero-order valence-corrected chi connectivity index (χ0v) is 11.3. The van der Waals surface area contributed by atoms with E-state index in [4.69, 9.17) is 5.84 Å². The molecule has 0 spiro atoms. The van der Waals surface area contributed by atoms with E-state index < -0.39 is 10.0 Å². The number of benzene rings is 1. The second-order valence-corrected chi connectivity index (χ2v) is 6.38. The predicted octanol–water partition coefficient (Wildman–Crippen LogP) is 1.54. The van der Waals surface area contributed by atoms with E-state index in [9.17, 15) is 8.42 Å². The van der Waals surface area contributed by atoms with Crippen molar-refractivity contribution in [1.29, 1.82) is 0 Å². The summed E-state index contributed by atoms with van der Waals surface area (Å²) in [5.41, 5.74) is 3.18. The maximum Gasteiger partial charge on any atom is 0.243 e. The lowest BCUT2D eigenvalue weighted by atomic mass is 10.2. The predicted molar refractivity (Wildman–Crippen MR) is 71.5 cm³/mol. The molecule has 0 amide bonds. The first kappa shape index (κ1) is 13.3. The van der Waals surface area contributed by atoms with Crippen molar-refractivity contribution in [3.05, 3.63) is 24.3 Å². The van der Waals surface area contributed by atoms with Gasteiger partial charge < -0.3 is 5.43 Å². The van der Waals surface area contributed by atoms with Crippen molar-refractivity contribution in [2.45, 2.75) is 37.1 Å². The zero-order valence-electron chi connectivity index (χ0n) is 10.5. The third-order valence-electron chi connectivity index (χ3n) is 3.42. The highest BCUT2D eigenvalue weighted by Crippen LogP contribution is 2.28. The summed E-state index contributed by atoms with van der Waals surface area (Å²) >= 11 is 0. The first-order valence-electron chi connectivity index (χ1n) is 6.18. The van der Waals surface area contributed by atoms with Crippen molar-refractivity contribution in [3.63, 3.8) is 0 Å². The second kappa shape index (κ2) is 5.26. The van der Waals surface area contributed by atoms with Gasteiger partial charge >= 0.3 is 0 Å². The molecule has 0 aliphatic carbocycles. The van der Waals surface area contributed by atoms with Crippen molar-refractivity contribution in [1.82, 2.24) is 4.31 Å². The van der Waals surface area contributed by atoms with E-state index in [1.54, 1.807) is 28.6 Å². The van der Waals surface area contributed by atoms with Crippen molar-refractivity contribution < 1.29 is 8.42 Å². The SMILES string of the molecule is CCC1CCCN1S(=O)(=O)c1ccc(NN)cc1. The summed E-state index contributed by atoms with van der Waals surface area (Å²) in [7, 11) is -3.36. The zero-order chi connectivity index (χ0) is 13.2. The van der Waals surface area contributed by atoms with Crippen LogP contribution in [-0.2, 0) is 10.0 Å². The van der Waals surface area contributed by atoms with E-state index in [0.717, 1.165) is 19.3 Å². The monoisotopic (exact) mass is 269 g/mol. The van der Waals surface area contributed by atoms with E-state index >= 15 is 0 Å². The van der Waals surface area contributed by atoms with Crippen LogP contribution in [0.4, 0.5) is 5.69 Å². The fourth-order valence-electron chi connectivity index (χ4n) is 2.39. The Balaban J connectivity index is 2.29. The summed E-state index contributed by atoms with van der Waals surface area (Å²) in [6.07, 6.45) is 2.76. The number of nitrogen functional groups attached to an aromatic ring is 1. The molecule has 1 saturated heterocycles. The van der Waals surface area contributed by atoms with Gasteiger partial charge in [-0.1, -0.05) is 6.92 Å². The largest absolute Gasteiger partial charge is 0.324 e. The lowest BCUT2D eigenvalue weighted by Crippen LogP contribution is -2.35. The smallest absolute Gasteiger partial charge is 0.243 e. The van der Waals surface area contributed by atoms with Crippen LogP contribution in [0.3, 0.4) is 0 Å². The molecule has 0 radical (unpaired) electrons. The van der Waals surface area contributed by atoms with Crippen molar-refractivity contribution >= 4 is 15.7 Å². The van der Waals surface area contributed by atoms with Crippen LogP contribution in [0.15, 0.2) is 29.2 Å². The van der Waals surface area contributed by atoms with Crippen LogP contribution in [0.5, 0.6) is 0 Å². The second-order valence-electron chi connectivity index (χ2n) is 4.49. The number of rotatable bonds is 4. The number of hydrogen-bond acceptors (Lipinski definition) is 4. The third-order valence-corrected chi connectivity index (χ3v) is 5.39. The van der Waals surface area contributed by atoms with E-state index in [0.29, 0.717) is 17.1 Å². The molecule has 6 heteroatoms. The van der Waals surface area contributed by atoms with Crippen LogP contribution >= 0.6 is 0 Å². The summed E-state index contributed by atoms with van der Waals surface area (Å²) in [5.74, 6) is 5.26. The minimum absolute atomic E-state index is 0.141. The molecule has 1 fully saturated rings. The van der Waals surface area contributed by atoms with Gasteiger partial charge in [0.2, 0.25) is 10.0 Å². The number of anilines is 1. The Labute approximate surface area is 108 Å². The Hall–Kier alpha value is -1.11. The fraction of sp³-hybridized carbons (Fsp3) is 0.500. The molecule has 1 aromatic rings. The summed E-state index contributed by atoms with van der Waals surface area (Å²) in [4.78, 5) is 0.335. The molecule has 0 saturated carbocycles. The van der Waals surface area contributed by atoms with Crippen LogP contribution in [0, 0.1) is 0 Å². The van der Waals surface area contributed by atoms with Gasteiger partial charge in [-0.2, -0.15) is 4.31 Å². The molecular formula is C12H19N3O2S. The summed E-state index contributed by atoms with van der Waals surface area (Å²) in [6.45, 7) is 2.65. The maximum atomic E-state index is 12.5. The maximum absolute atomic E-state index is 12.5. The number of sulfonamides is 1. The highest BCUT2D eigenvalue weighted by Gasteiger charge is 2.33. The average molecular weight is 269 g/mol. The molecule has 0 bridgehead atoms. The normalized spacial score (nSPS) is 21.1. The first-order chi connectivity index (χ1) is 8.59. The molecule has 5 nitrogen and oxygen atoms in total. The highest BCUT2D eigenvalue weighted by molar-refractivity contribution is 7.89. The Kier molecular flexibility index (Phi) is 3.89. The lowest BCUT2D eigenvalue weighted by molar-refractivity contribution is 0.379. The molecule has 1 atom stereocenters. The fourth-order valence-corrected chi connectivity index (χ4v) is 4.16. The number of hydrogen-bond donors (Lipinski definition) is 2. The van der Waals surface area contributed by atoms with Crippen LogP contribution in [0.25, 0.3) is 0 Å². The molecule has 100 valence electrons. The summed E-state index contributed by atoms with van der Waals surface area (Å²) in [5, 5.41) is 0. The molecular weight excluding hydrogens is 250 g/mol. The highest BCUT2D eigenvalue weighted by atomic mass is 32.2. The first-order valence-corrected chi connectivity index (χ1v) is 7.62. The van der Waals surface area contributed by atoms with Gasteiger partial charge in [0.05, 0.1) is 4.90 Å². The Morgan fingerprint density at radius 1 is 1.39 bits per heavy atom. The lowest BCUT2D eigenvalue weighted by Gasteiger charge is -2.23. The quantitative estimate of drug-likeness (QED) is 0.642. The van der Waals surface area contributed by atoms with Gasteiger partial charge in [0.25, 0.3) is 0 Å². The molecule has 18 heavy (non-hydrogen) atoms. The minimum Gasteiger partial charge on any atom is -0.324 e. The Morgan fingerprint density at radius 3 is 2.61 bits per heavy atom. The van der Waals surface area contributed by atoms with E-state index in [1.807, 2.05) is 6.92 Å².